The topological polar surface area (TPSA) is 42.2 Å². The van der Waals surface area contributed by atoms with E-state index in [4.69, 9.17) is 4.52 Å². The van der Waals surface area contributed by atoms with Crippen molar-refractivity contribution >= 4 is 22.7 Å². The van der Waals surface area contributed by atoms with E-state index >= 15 is 0 Å². The van der Waals surface area contributed by atoms with E-state index in [1.807, 2.05) is 17.5 Å². The normalized spacial score (nSPS) is 19.3. The molecular formula is C15H15N3OS2. The Hall–Kier alpha value is -1.50. The van der Waals surface area contributed by atoms with Crippen molar-refractivity contribution in [2.45, 2.75) is 25.4 Å². The third-order valence-corrected chi connectivity index (χ3v) is 5.41. The van der Waals surface area contributed by atoms with Gasteiger partial charge in [0.2, 0.25) is 11.7 Å². The Balaban J connectivity index is 1.51. The highest BCUT2D eigenvalue weighted by molar-refractivity contribution is 7.13. The van der Waals surface area contributed by atoms with Gasteiger partial charge in [0.25, 0.3) is 0 Å². The predicted octanol–water partition coefficient (Wildman–Crippen LogP) is 4.20. The van der Waals surface area contributed by atoms with E-state index in [-0.39, 0.29) is 0 Å². The minimum absolute atomic E-state index is 0.494. The average molecular weight is 317 g/mol. The Kier molecular flexibility index (Phi) is 3.58. The van der Waals surface area contributed by atoms with Crippen molar-refractivity contribution in [3.05, 3.63) is 45.8 Å². The van der Waals surface area contributed by atoms with E-state index in [0.29, 0.717) is 17.8 Å². The molecule has 0 saturated carbocycles. The Morgan fingerprint density at radius 1 is 1.33 bits per heavy atom. The smallest absolute Gasteiger partial charge is 0.241 e. The number of aromatic nitrogens is 2. The van der Waals surface area contributed by atoms with Crippen LogP contribution in [0.1, 0.15) is 30.3 Å². The van der Waals surface area contributed by atoms with Gasteiger partial charge in [0.05, 0.1) is 11.4 Å². The molecular weight excluding hydrogens is 302 g/mol. The molecule has 3 aromatic heterocycles. The van der Waals surface area contributed by atoms with Crippen LogP contribution < -0.4 is 0 Å². The van der Waals surface area contributed by atoms with Gasteiger partial charge in [0.15, 0.2) is 0 Å². The van der Waals surface area contributed by atoms with Crippen molar-refractivity contribution in [2.75, 3.05) is 6.54 Å². The summed E-state index contributed by atoms with van der Waals surface area (Å²) in [7, 11) is 0. The molecule has 0 N–H and O–H groups in total. The summed E-state index contributed by atoms with van der Waals surface area (Å²) in [5, 5.41) is 10.5. The molecule has 1 aliphatic rings. The van der Waals surface area contributed by atoms with Gasteiger partial charge in [-0.05, 0) is 53.2 Å². The van der Waals surface area contributed by atoms with Gasteiger partial charge in [0, 0.05) is 6.04 Å². The van der Waals surface area contributed by atoms with Gasteiger partial charge in [-0.2, -0.15) is 16.3 Å². The molecule has 0 aliphatic carbocycles. The first-order valence-corrected chi connectivity index (χ1v) is 8.85. The lowest BCUT2D eigenvalue weighted by molar-refractivity contribution is 0.213. The molecule has 3 aromatic rings. The van der Waals surface area contributed by atoms with Gasteiger partial charge in [-0.15, -0.1) is 11.3 Å². The van der Waals surface area contributed by atoms with Crippen LogP contribution in [0.4, 0.5) is 0 Å². The fourth-order valence-corrected chi connectivity index (χ4v) is 4.21. The largest absolute Gasteiger partial charge is 0.338 e. The SMILES string of the molecule is c1csc(-c2noc(CN3CCC[C@@H]3c3ccsc3)n2)c1. The van der Waals surface area contributed by atoms with Gasteiger partial charge in [-0.3, -0.25) is 4.90 Å². The number of likely N-dealkylation sites (tertiary alicyclic amines) is 1. The van der Waals surface area contributed by atoms with Crippen LogP contribution in [0.3, 0.4) is 0 Å². The van der Waals surface area contributed by atoms with Crippen molar-refractivity contribution in [2.24, 2.45) is 0 Å². The summed E-state index contributed by atoms with van der Waals surface area (Å²) in [6, 6.07) is 6.73. The maximum absolute atomic E-state index is 5.42. The zero-order valence-electron chi connectivity index (χ0n) is 11.4. The lowest BCUT2D eigenvalue weighted by Crippen LogP contribution is -2.22. The van der Waals surface area contributed by atoms with E-state index in [2.05, 4.69) is 31.9 Å². The van der Waals surface area contributed by atoms with Crippen LogP contribution in [0.2, 0.25) is 0 Å². The molecule has 0 bridgehead atoms. The number of hydrogen-bond donors (Lipinski definition) is 0. The summed E-state index contributed by atoms with van der Waals surface area (Å²) >= 11 is 3.39. The summed E-state index contributed by atoms with van der Waals surface area (Å²) in [5.41, 5.74) is 1.41. The quantitative estimate of drug-likeness (QED) is 0.723. The first-order valence-electron chi connectivity index (χ1n) is 7.03. The van der Waals surface area contributed by atoms with Crippen LogP contribution in [-0.4, -0.2) is 21.6 Å². The molecule has 4 nitrogen and oxygen atoms in total. The summed E-state index contributed by atoms with van der Waals surface area (Å²) in [5.74, 6) is 1.41. The number of thiophene rings is 2. The highest BCUT2D eigenvalue weighted by Crippen LogP contribution is 2.34. The minimum atomic E-state index is 0.494. The van der Waals surface area contributed by atoms with E-state index in [0.717, 1.165) is 18.0 Å². The first kappa shape index (κ1) is 13.2. The lowest BCUT2D eigenvalue weighted by Gasteiger charge is -2.21. The Bertz CT molecular complexity index is 690. The molecule has 21 heavy (non-hydrogen) atoms. The van der Waals surface area contributed by atoms with E-state index in [1.54, 1.807) is 22.7 Å². The second kappa shape index (κ2) is 5.71. The van der Waals surface area contributed by atoms with Crippen molar-refractivity contribution < 1.29 is 4.52 Å². The van der Waals surface area contributed by atoms with E-state index in [9.17, 15) is 0 Å². The molecule has 0 aromatic carbocycles. The van der Waals surface area contributed by atoms with E-state index < -0.39 is 0 Å². The molecule has 1 fully saturated rings. The van der Waals surface area contributed by atoms with E-state index in [1.165, 1.54) is 18.4 Å². The molecule has 0 radical (unpaired) electrons. The van der Waals surface area contributed by atoms with Gasteiger partial charge in [-0.25, -0.2) is 0 Å². The van der Waals surface area contributed by atoms with Gasteiger partial charge in [-0.1, -0.05) is 11.2 Å². The lowest BCUT2D eigenvalue weighted by atomic mass is 10.1. The van der Waals surface area contributed by atoms with Crippen molar-refractivity contribution in [3.63, 3.8) is 0 Å². The second-order valence-corrected chi connectivity index (χ2v) is 6.90. The molecule has 4 rings (SSSR count). The Labute approximate surface area is 131 Å². The van der Waals surface area contributed by atoms with Crippen molar-refractivity contribution in [1.29, 1.82) is 0 Å². The van der Waals surface area contributed by atoms with Crippen LogP contribution in [0.25, 0.3) is 10.7 Å². The monoisotopic (exact) mass is 317 g/mol. The van der Waals surface area contributed by atoms with Crippen LogP contribution >= 0.6 is 22.7 Å². The number of nitrogens with zero attached hydrogens (tertiary/aromatic N) is 3. The maximum Gasteiger partial charge on any atom is 0.241 e. The van der Waals surface area contributed by atoms with Gasteiger partial charge < -0.3 is 4.52 Å². The fourth-order valence-electron chi connectivity index (χ4n) is 2.86. The molecule has 0 unspecified atom stereocenters. The molecule has 108 valence electrons. The summed E-state index contributed by atoms with van der Waals surface area (Å²) < 4.78 is 5.42. The molecule has 4 heterocycles. The van der Waals surface area contributed by atoms with Crippen molar-refractivity contribution in [3.8, 4) is 10.7 Å². The predicted molar refractivity (Wildman–Crippen MR) is 84.3 cm³/mol. The molecule has 1 saturated heterocycles. The fraction of sp³-hybridized carbons (Fsp3) is 0.333. The zero-order chi connectivity index (χ0) is 14.1. The van der Waals surface area contributed by atoms with Crippen LogP contribution in [0.5, 0.6) is 0 Å². The highest BCUT2D eigenvalue weighted by Gasteiger charge is 2.27. The molecule has 1 aliphatic heterocycles. The van der Waals surface area contributed by atoms with Crippen molar-refractivity contribution in [1.82, 2.24) is 15.0 Å². The molecule has 0 spiro atoms. The van der Waals surface area contributed by atoms with Gasteiger partial charge in [0.1, 0.15) is 0 Å². The summed E-state index contributed by atoms with van der Waals surface area (Å²) in [4.78, 5) is 8.02. The standard InChI is InChI=1S/C15H15N3OS2/c1-3-12(11-5-8-20-10-11)18(6-1)9-14-16-15(17-19-14)13-4-2-7-21-13/h2,4-5,7-8,10,12H,1,3,6,9H2/t12-/m1/s1. The van der Waals surface area contributed by atoms with Gasteiger partial charge >= 0.3 is 0 Å². The molecule has 6 heteroatoms. The summed E-state index contributed by atoms with van der Waals surface area (Å²) in [6.07, 6.45) is 2.44. The minimum Gasteiger partial charge on any atom is -0.338 e. The zero-order valence-corrected chi connectivity index (χ0v) is 13.1. The number of hydrogen-bond acceptors (Lipinski definition) is 6. The Morgan fingerprint density at radius 2 is 2.33 bits per heavy atom. The van der Waals surface area contributed by atoms with Crippen LogP contribution in [-0.2, 0) is 6.54 Å². The first-order chi connectivity index (χ1) is 10.4. The number of rotatable bonds is 4. The third kappa shape index (κ3) is 2.66. The average Bonchev–Trinajstić information content (AvgIpc) is 3.28. The molecule has 1 atom stereocenters. The summed E-state index contributed by atoms with van der Waals surface area (Å²) in [6.45, 7) is 1.83. The maximum atomic E-state index is 5.42. The van der Waals surface area contributed by atoms with Crippen LogP contribution in [0, 0.1) is 0 Å². The molecule has 0 amide bonds. The third-order valence-electron chi connectivity index (χ3n) is 3.84. The van der Waals surface area contributed by atoms with Crippen LogP contribution in [0.15, 0.2) is 38.9 Å². The highest BCUT2D eigenvalue weighted by atomic mass is 32.1. The second-order valence-electron chi connectivity index (χ2n) is 5.17. The Morgan fingerprint density at radius 3 is 3.14 bits per heavy atom.